The van der Waals surface area contributed by atoms with Gasteiger partial charge in [0.05, 0.1) is 5.69 Å². The van der Waals surface area contributed by atoms with Crippen molar-refractivity contribution >= 4 is 29.0 Å². The molecule has 0 saturated heterocycles. The predicted octanol–water partition coefficient (Wildman–Crippen LogP) is 3.44. The number of benzene rings is 1. The lowest BCUT2D eigenvalue weighted by atomic mass is 10.3. The molecule has 1 heterocycles. The molecule has 0 spiro atoms. The Morgan fingerprint density at radius 1 is 1.39 bits per heavy atom. The summed E-state index contributed by atoms with van der Waals surface area (Å²) in [6.45, 7) is 2.74. The molecule has 0 unspecified atom stereocenters. The Morgan fingerprint density at radius 3 is 2.94 bits per heavy atom. The summed E-state index contributed by atoms with van der Waals surface area (Å²) in [7, 11) is 0. The number of halogens is 1. The van der Waals surface area contributed by atoms with Crippen LogP contribution in [-0.2, 0) is 6.42 Å². The molecule has 1 N–H and O–H groups in total. The summed E-state index contributed by atoms with van der Waals surface area (Å²) in [4.78, 5) is 4.36. The largest absolute Gasteiger partial charge is 0.382 e. The zero-order valence-electron chi connectivity index (χ0n) is 10.0. The minimum atomic E-state index is -0.216. The van der Waals surface area contributed by atoms with Gasteiger partial charge in [-0.2, -0.15) is 4.37 Å². The standard InChI is InChI=1S/C12H14FN3S2/c1-2-11-15-12(18-16-11)17-8-7-14-10-6-4-3-5-9(10)13/h3-6,14H,2,7-8H2,1H3. The summed E-state index contributed by atoms with van der Waals surface area (Å²) in [5, 5.41) is 3.06. The van der Waals surface area contributed by atoms with Crippen LogP contribution < -0.4 is 5.32 Å². The fourth-order valence-corrected chi connectivity index (χ4v) is 2.99. The normalized spacial score (nSPS) is 10.6. The van der Waals surface area contributed by atoms with Crippen LogP contribution in [0.5, 0.6) is 0 Å². The van der Waals surface area contributed by atoms with E-state index in [0.717, 1.165) is 22.3 Å². The predicted molar refractivity (Wildman–Crippen MR) is 74.9 cm³/mol. The van der Waals surface area contributed by atoms with Crippen molar-refractivity contribution in [3.05, 3.63) is 35.9 Å². The first-order valence-corrected chi connectivity index (χ1v) is 7.49. The van der Waals surface area contributed by atoms with E-state index in [2.05, 4.69) is 14.7 Å². The molecule has 2 rings (SSSR count). The van der Waals surface area contributed by atoms with Crippen molar-refractivity contribution < 1.29 is 4.39 Å². The summed E-state index contributed by atoms with van der Waals surface area (Å²) >= 11 is 3.07. The summed E-state index contributed by atoms with van der Waals surface area (Å²) in [6, 6.07) is 6.69. The first-order valence-electron chi connectivity index (χ1n) is 5.73. The highest BCUT2D eigenvalue weighted by Gasteiger charge is 2.03. The van der Waals surface area contributed by atoms with Gasteiger partial charge in [0.1, 0.15) is 11.6 Å². The fraction of sp³-hybridized carbons (Fsp3) is 0.333. The third-order valence-corrected chi connectivity index (χ3v) is 4.16. The number of nitrogens with one attached hydrogen (secondary N) is 1. The summed E-state index contributed by atoms with van der Waals surface area (Å²) < 4.78 is 18.5. The van der Waals surface area contributed by atoms with E-state index in [4.69, 9.17) is 0 Å². The molecule has 6 heteroatoms. The lowest BCUT2D eigenvalue weighted by Crippen LogP contribution is -2.05. The monoisotopic (exact) mass is 283 g/mol. The van der Waals surface area contributed by atoms with Crippen molar-refractivity contribution in [3.8, 4) is 0 Å². The Morgan fingerprint density at radius 2 is 2.22 bits per heavy atom. The van der Waals surface area contributed by atoms with E-state index in [1.165, 1.54) is 17.6 Å². The van der Waals surface area contributed by atoms with Crippen molar-refractivity contribution in [2.45, 2.75) is 17.7 Å². The topological polar surface area (TPSA) is 37.8 Å². The molecule has 0 bridgehead atoms. The second-order valence-corrected chi connectivity index (χ2v) is 5.68. The number of para-hydroxylation sites is 1. The van der Waals surface area contributed by atoms with Crippen molar-refractivity contribution in [1.29, 1.82) is 0 Å². The van der Waals surface area contributed by atoms with Crippen LogP contribution >= 0.6 is 23.3 Å². The molecular formula is C12H14FN3S2. The van der Waals surface area contributed by atoms with Crippen LogP contribution in [0.1, 0.15) is 12.7 Å². The Labute approximate surface area is 114 Å². The molecule has 2 aromatic rings. The van der Waals surface area contributed by atoms with E-state index in [9.17, 15) is 4.39 Å². The number of rotatable bonds is 6. The molecule has 96 valence electrons. The molecule has 0 aliphatic rings. The quantitative estimate of drug-likeness (QED) is 0.651. The number of anilines is 1. The van der Waals surface area contributed by atoms with Crippen LogP contribution in [0.25, 0.3) is 0 Å². The highest BCUT2D eigenvalue weighted by atomic mass is 32.2. The van der Waals surface area contributed by atoms with Crippen molar-refractivity contribution in [2.75, 3.05) is 17.6 Å². The van der Waals surface area contributed by atoms with Gasteiger partial charge in [-0.05, 0) is 23.7 Å². The summed E-state index contributed by atoms with van der Waals surface area (Å²) in [6.07, 6.45) is 0.866. The van der Waals surface area contributed by atoms with Crippen LogP contribution in [0.2, 0.25) is 0 Å². The Bertz CT molecular complexity index is 502. The molecule has 0 fully saturated rings. The van der Waals surface area contributed by atoms with Crippen LogP contribution in [0.15, 0.2) is 28.6 Å². The second kappa shape index (κ2) is 6.70. The van der Waals surface area contributed by atoms with Gasteiger partial charge in [0, 0.05) is 18.7 Å². The minimum Gasteiger partial charge on any atom is -0.382 e. The van der Waals surface area contributed by atoms with Gasteiger partial charge in [0.25, 0.3) is 0 Å². The van der Waals surface area contributed by atoms with E-state index in [0.29, 0.717) is 12.2 Å². The third-order valence-electron chi connectivity index (χ3n) is 2.28. The number of hydrogen-bond donors (Lipinski definition) is 1. The maximum Gasteiger partial charge on any atom is 0.170 e. The van der Waals surface area contributed by atoms with E-state index in [1.807, 2.05) is 13.0 Å². The van der Waals surface area contributed by atoms with Gasteiger partial charge in [-0.3, -0.25) is 0 Å². The van der Waals surface area contributed by atoms with Crippen LogP contribution in [-0.4, -0.2) is 21.7 Å². The number of hydrogen-bond acceptors (Lipinski definition) is 5. The van der Waals surface area contributed by atoms with E-state index in [-0.39, 0.29) is 5.82 Å². The van der Waals surface area contributed by atoms with Crippen molar-refractivity contribution in [1.82, 2.24) is 9.36 Å². The third kappa shape index (κ3) is 3.68. The van der Waals surface area contributed by atoms with Crippen molar-refractivity contribution in [2.24, 2.45) is 0 Å². The first kappa shape index (κ1) is 13.3. The Hall–Kier alpha value is -1.14. The SMILES string of the molecule is CCc1nsc(SCCNc2ccccc2F)n1. The molecule has 0 radical (unpaired) electrons. The zero-order chi connectivity index (χ0) is 12.8. The minimum absolute atomic E-state index is 0.216. The summed E-state index contributed by atoms with van der Waals surface area (Å²) in [5.41, 5.74) is 0.546. The van der Waals surface area contributed by atoms with E-state index in [1.54, 1.807) is 23.9 Å². The van der Waals surface area contributed by atoms with Gasteiger partial charge in [-0.25, -0.2) is 9.37 Å². The molecule has 1 aromatic heterocycles. The molecule has 18 heavy (non-hydrogen) atoms. The Balaban J connectivity index is 1.74. The zero-order valence-corrected chi connectivity index (χ0v) is 11.7. The molecule has 0 atom stereocenters. The molecule has 0 aliphatic carbocycles. The number of nitrogens with zero attached hydrogens (tertiary/aromatic N) is 2. The molecule has 0 saturated carbocycles. The van der Waals surface area contributed by atoms with Crippen LogP contribution in [0, 0.1) is 5.82 Å². The van der Waals surface area contributed by atoms with Gasteiger partial charge in [0.2, 0.25) is 0 Å². The average molecular weight is 283 g/mol. The molecule has 3 nitrogen and oxygen atoms in total. The van der Waals surface area contributed by atoms with E-state index < -0.39 is 0 Å². The number of thioether (sulfide) groups is 1. The van der Waals surface area contributed by atoms with Gasteiger partial charge >= 0.3 is 0 Å². The van der Waals surface area contributed by atoms with Crippen molar-refractivity contribution in [3.63, 3.8) is 0 Å². The first-order chi connectivity index (χ1) is 8.79. The van der Waals surface area contributed by atoms with Crippen LogP contribution in [0.3, 0.4) is 0 Å². The average Bonchev–Trinajstić information content (AvgIpc) is 2.84. The molecule has 0 amide bonds. The van der Waals surface area contributed by atoms with Gasteiger partial charge in [-0.15, -0.1) is 0 Å². The number of aryl methyl sites for hydroxylation is 1. The smallest absolute Gasteiger partial charge is 0.170 e. The highest BCUT2D eigenvalue weighted by Crippen LogP contribution is 2.20. The van der Waals surface area contributed by atoms with Gasteiger partial charge in [0.15, 0.2) is 4.34 Å². The van der Waals surface area contributed by atoms with E-state index >= 15 is 0 Å². The fourth-order valence-electron chi connectivity index (χ4n) is 1.37. The van der Waals surface area contributed by atoms with Crippen LogP contribution in [0.4, 0.5) is 10.1 Å². The van der Waals surface area contributed by atoms with Gasteiger partial charge in [-0.1, -0.05) is 30.8 Å². The Kier molecular flexibility index (Phi) is 4.95. The highest BCUT2D eigenvalue weighted by molar-refractivity contribution is 8.00. The molecule has 1 aromatic carbocycles. The maximum atomic E-state index is 13.3. The summed E-state index contributed by atoms with van der Waals surface area (Å²) in [5.74, 6) is 1.52. The number of aromatic nitrogens is 2. The molecular weight excluding hydrogens is 269 g/mol. The maximum absolute atomic E-state index is 13.3. The van der Waals surface area contributed by atoms with Gasteiger partial charge < -0.3 is 5.32 Å². The lowest BCUT2D eigenvalue weighted by Gasteiger charge is -2.05. The second-order valence-electron chi connectivity index (χ2n) is 3.59. The lowest BCUT2D eigenvalue weighted by molar-refractivity contribution is 0.630. The molecule has 0 aliphatic heterocycles.